The molecule has 7 heteroatoms. The Morgan fingerprint density at radius 1 is 1.15 bits per heavy atom. The van der Waals surface area contributed by atoms with Crippen LogP contribution in [0.2, 0.25) is 0 Å². The average Bonchev–Trinajstić information content (AvgIpc) is 2.62. The average molecular weight is 306 g/mol. The molecular formula is C13H26N2O4S. The number of nitrogens with zero attached hydrogens (tertiary/aromatic N) is 2. The summed E-state index contributed by atoms with van der Waals surface area (Å²) in [5, 5.41) is 10.3. The second-order valence-corrected chi connectivity index (χ2v) is 7.66. The summed E-state index contributed by atoms with van der Waals surface area (Å²) in [6.07, 6.45) is 1.40. The van der Waals surface area contributed by atoms with Crippen molar-refractivity contribution < 1.29 is 18.3 Å². The van der Waals surface area contributed by atoms with Gasteiger partial charge in [0.1, 0.15) is 0 Å². The highest BCUT2D eigenvalue weighted by molar-refractivity contribution is 7.89. The van der Waals surface area contributed by atoms with Crippen LogP contribution >= 0.6 is 0 Å². The largest absolute Gasteiger partial charge is 0.391 e. The van der Waals surface area contributed by atoms with E-state index in [1.165, 1.54) is 0 Å². The molecule has 1 N–H and O–H groups in total. The summed E-state index contributed by atoms with van der Waals surface area (Å²) in [6, 6.07) is 0.0562. The fourth-order valence-corrected chi connectivity index (χ4v) is 4.59. The first-order chi connectivity index (χ1) is 9.54. The van der Waals surface area contributed by atoms with Gasteiger partial charge in [-0.2, -0.15) is 0 Å². The lowest BCUT2D eigenvalue weighted by Gasteiger charge is -2.36. The summed E-state index contributed by atoms with van der Waals surface area (Å²) in [5.41, 5.74) is 0. The van der Waals surface area contributed by atoms with Crippen molar-refractivity contribution in [2.75, 3.05) is 45.1 Å². The van der Waals surface area contributed by atoms with Crippen LogP contribution in [0.4, 0.5) is 0 Å². The van der Waals surface area contributed by atoms with Crippen LogP contribution < -0.4 is 0 Å². The van der Waals surface area contributed by atoms with Crippen molar-refractivity contribution in [2.45, 2.75) is 38.3 Å². The standard InChI is InChI=1S/C13H26N2O4S/c1-2-11-20(17,18)15-5-3-12(13(16)4-6-15)14-7-9-19-10-8-14/h12-13,16H,2-11H2,1H3/t12-,13-/m0/s1. The summed E-state index contributed by atoms with van der Waals surface area (Å²) in [7, 11) is -3.16. The molecule has 2 saturated heterocycles. The highest BCUT2D eigenvalue weighted by atomic mass is 32.2. The molecule has 2 atom stereocenters. The highest BCUT2D eigenvalue weighted by Crippen LogP contribution is 2.20. The lowest BCUT2D eigenvalue weighted by Crippen LogP contribution is -2.49. The lowest BCUT2D eigenvalue weighted by atomic mass is 10.0. The topological polar surface area (TPSA) is 70.1 Å². The SMILES string of the molecule is CCCS(=O)(=O)N1CC[C@H](O)[C@@H](N2CCOCC2)CC1. The third-order valence-electron chi connectivity index (χ3n) is 4.16. The van der Waals surface area contributed by atoms with Crippen LogP contribution in [0.1, 0.15) is 26.2 Å². The molecule has 0 radical (unpaired) electrons. The number of aliphatic hydroxyl groups is 1. The zero-order valence-electron chi connectivity index (χ0n) is 12.2. The second kappa shape index (κ2) is 7.17. The molecule has 0 spiro atoms. The van der Waals surface area contributed by atoms with E-state index >= 15 is 0 Å². The van der Waals surface area contributed by atoms with Gasteiger partial charge in [-0.1, -0.05) is 6.92 Å². The molecule has 0 unspecified atom stereocenters. The van der Waals surface area contributed by atoms with E-state index < -0.39 is 16.1 Å². The van der Waals surface area contributed by atoms with Gasteiger partial charge < -0.3 is 9.84 Å². The van der Waals surface area contributed by atoms with E-state index in [-0.39, 0.29) is 11.8 Å². The van der Waals surface area contributed by atoms with Gasteiger partial charge in [-0.15, -0.1) is 0 Å². The number of sulfonamides is 1. The van der Waals surface area contributed by atoms with Crippen LogP contribution in [0.15, 0.2) is 0 Å². The van der Waals surface area contributed by atoms with Crippen molar-refractivity contribution >= 4 is 10.0 Å². The molecule has 2 aliphatic heterocycles. The van der Waals surface area contributed by atoms with Crippen LogP contribution in [-0.4, -0.2) is 80.0 Å². The van der Waals surface area contributed by atoms with Crippen molar-refractivity contribution in [1.82, 2.24) is 9.21 Å². The fraction of sp³-hybridized carbons (Fsp3) is 1.00. The zero-order chi connectivity index (χ0) is 14.6. The van der Waals surface area contributed by atoms with E-state index in [0.29, 0.717) is 45.6 Å². The Labute approximate surface area is 121 Å². The van der Waals surface area contributed by atoms with Gasteiger partial charge in [0.2, 0.25) is 10.0 Å². The molecule has 2 heterocycles. The minimum Gasteiger partial charge on any atom is -0.391 e. The van der Waals surface area contributed by atoms with Crippen molar-refractivity contribution in [3.05, 3.63) is 0 Å². The van der Waals surface area contributed by atoms with Crippen LogP contribution in [0.5, 0.6) is 0 Å². The maximum Gasteiger partial charge on any atom is 0.214 e. The van der Waals surface area contributed by atoms with Crippen LogP contribution in [0, 0.1) is 0 Å². The van der Waals surface area contributed by atoms with Crippen molar-refractivity contribution in [3.8, 4) is 0 Å². The van der Waals surface area contributed by atoms with E-state index in [2.05, 4.69) is 4.90 Å². The Hall–Kier alpha value is -0.210. The molecule has 0 amide bonds. The van der Waals surface area contributed by atoms with Gasteiger partial charge in [0.05, 0.1) is 25.1 Å². The van der Waals surface area contributed by atoms with Gasteiger partial charge in [0.25, 0.3) is 0 Å². The van der Waals surface area contributed by atoms with E-state index in [9.17, 15) is 13.5 Å². The van der Waals surface area contributed by atoms with Gasteiger partial charge in [0.15, 0.2) is 0 Å². The lowest BCUT2D eigenvalue weighted by molar-refractivity contribution is -0.0222. The Balaban J connectivity index is 1.99. The minimum absolute atomic E-state index is 0.0562. The second-order valence-electron chi connectivity index (χ2n) is 5.58. The van der Waals surface area contributed by atoms with Crippen LogP contribution in [-0.2, 0) is 14.8 Å². The molecule has 6 nitrogen and oxygen atoms in total. The van der Waals surface area contributed by atoms with Crippen LogP contribution in [0.25, 0.3) is 0 Å². The molecule has 0 aromatic heterocycles. The summed E-state index contributed by atoms with van der Waals surface area (Å²) < 4.78 is 31.2. The molecule has 0 aromatic carbocycles. The number of morpholine rings is 1. The highest BCUT2D eigenvalue weighted by Gasteiger charge is 2.33. The molecule has 0 saturated carbocycles. The summed E-state index contributed by atoms with van der Waals surface area (Å²) in [6.45, 7) is 5.86. The number of ether oxygens (including phenoxy) is 1. The van der Waals surface area contributed by atoms with Crippen molar-refractivity contribution in [1.29, 1.82) is 0 Å². The summed E-state index contributed by atoms with van der Waals surface area (Å²) in [4.78, 5) is 2.24. The van der Waals surface area contributed by atoms with Crippen LogP contribution in [0.3, 0.4) is 0 Å². The number of hydrogen-bond acceptors (Lipinski definition) is 5. The molecule has 0 aliphatic carbocycles. The normalized spacial score (nSPS) is 31.1. The Kier molecular flexibility index (Phi) is 5.80. The summed E-state index contributed by atoms with van der Waals surface area (Å²) in [5.74, 6) is 0.200. The first kappa shape index (κ1) is 16.2. The first-order valence-corrected chi connectivity index (χ1v) is 9.13. The quantitative estimate of drug-likeness (QED) is 0.784. The van der Waals surface area contributed by atoms with Crippen molar-refractivity contribution in [3.63, 3.8) is 0 Å². The molecule has 2 fully saturated rings. The maximum atomic E-state index is 12.1. The number of hydrogen-bond donors (Lipinski definition) is 1. The molecule has 2 aliphatic rings. The maximum absolute atomic E-state index is 12.1. The van der Waals surface area contributed by atoms with E-state index in [1.54, 1.807) is 4.31 Å². The molecule has 20 heavy (non-hydrogen) atoms. The van der Waals surface area contributed by atoms with E-state index in [0.717, 1.165) is 13.1 Å². The Morgan fingerprint density at radius 3 is 2.45 bits per heavy atom. The zero-order valence-corrected chi connectivity index (χ0v) is 13.0. The Morgan fingerprint density at radius 2 is 1.80 bits per heavy atom. The third kappa shape index (κ3) is 3.92. The molecule has 0 bridgehead atoms. The molecular weight excluding hydrogens is 280 g/mol. The first-order valence-electron chi connectivity index (χ1n) is 7.52. The van der Waals surface area contributed by atoms with Gasteiger partial charge in [0, 0.05) is 32.2 Å². The number of aliphatic hydroxyl groups excluding tert-OH is 1. The molecule has 118 valence electrons. The van der Waals surface area contributed by atoms with Gasteiger partial charge >= 0.3 is 0 Å². The monoisotopic (exact) mass is 306 g/mol. The van der Waals surface area contributed by atoms with Crippen molar-refractivity contribution in [2.24, 2.45) is 0 Å². The van der Waals surface area contributed by atoms with E-state index in [1.807, 2.05) is 6.92 Å². The predicted molar refractivity (Wildman–Crippen MR) is 77.1 cm³/mol. The van der Waals surface area contributed by atoms with Gasteiger partial charge in [-0.05, 0) is 19.3 Å². The minimum atomic E-state index is -3.16. The third-order valence-corrected chi connectivity index (χ3v) is 6.24. The predicted octanol–water partition coefficient (Wildman–Crippen LogP) is -0.116. The smallest absolute Gasteiger partial charge is 0.214 e. The summed E-state index contributed by atoms with van der Waals surface area (Å²) >= 11 is 0. The van der Waals surface area contributed by atoms with Gasteiger partial charge in [-0.25, -0.2) is 12.7 Å². The number of rotatable bonds is 4. The van der Waals surface area contributed by atoms with Gasteiger partial charge in [-0.3, -0.25) is 4.90 Å². The molecule has 0 aromatic rings. The van der Waals surface area contributed by atoms with E-state index in [4.69, 9.17) is 4.74 Å². The fourth-order valence-electron chi connectivity index (χ4n) is 3.05. The molecule has 2 rings (SSSR count). The Bertz CT molecular complexity index is 395.